The predicted octanol–water partition coefficient (Wildman–Crippen LogP) is 0.551. The maximum atomic E-state index is 10.8. The van der Waals surface area contributed by atoms with E-state index in [1.165, 1.54) is 6.42 Å². The fourth-order valence-electron chi connectivity index (χ4n) is 2.78. The van der Waals surface area contributed by atoms with Crippen LogP contribution in [0.25, 0.3) is 11.2 Å². The van der Waals surface area contributed by atoms with E-state index in [4.69, 9.17) is 20.3 Å². The van der Waals surface area contributed by atoms with Crippen molar-refractivity contribution in [2.24, 2.45) is 0 Å². The lowest BCUT2D eigenvalue weighted by Gasteiger charge is -2.27. The minimum Gasteiger partial charge on any atom is -0.368 e. The van der Waals surface area contributed by atoms with E-state index in [1.807, 2.05) is 0 Å². The lowest BCUT2D eigenvalue weighted by molar-refractivity contribution is 0.149. The van der Waals surface area contributed by atoms with Gasteiger partial charge in [-0.05, 0) is 19.3 Å². The third kappa shape index (κ3) is 4.02. The van der Waals surface area contributed by atoms with Gasteiger partial charge in [0.1, 0.15) is 6.35 Å². The summed E-state index contributed by atoms with van der Waals surface area (Å²) in [5.41, 5.74) is 7.13. The Labute approximate surface area is 138 Å². The number of nitrogens with two attached hydrogens (primary N) is 1. The lowest BCUT2D eigenvalue weighted by atomic mass is 10.1. The second-order valence-corrected chi connectivity index (χ2v) is 7.35. The van der Waals surface area contributed by atoms with Gasteiger partial charge in [-0.1, -0.05) is 0 Å². The van der Waals surface area contributed by atoms with E-state index in [0.29, 0.717) is 17.7 Å². The smallest absolute Gasteiger partial charge is 0.350 e. The Balaban J connectivity index is 1.78. The highest BCUT2D eigenvalue weighted by Gasteiger charge is 2.19. The zero-order valence-electron chi connectivity index (χ0n) is 13.2. The predicted molar refractivity (Wildman–Crippen MR) is 88.7 cm³/mol. The minimum atomic E-state index is -4.15. The summed E-state index contributed by atoms with van der Waals surface area (Å²) in [4.78, 5) is 32.7. The lowest BCUT2D eigenvalue weighted by Crippen LogP contribution is -2.30. The fraction of sp³-hybridized carbons (Fsp3) is 0.615. The molecule has 1 saturated heterocycles. The van der Waals surface area contributed by atoms with Gasteiger partial charge in [0, 0.05) is 19.6 Å². The highest BCUT2D eigenvalue weighted by Crippen LogP contribution is 2.33. The second kappa shape index (κ2) is 7.02. The van der Waals surface area contributed by atoms with Crippen molar-refractivity contribution in [3.05, 3.63) is 6.33 Å². The van der Waals surface area contributed by atoms with Crippen molar-refractivity contribution in [3.8, 4) is 0 Å². The quantitative estimate of drug-likeness (QED) is 0.500. The Morgan fingerprint density at radius 2 is 2.00 bits per heavy atom. The standard InChI is InChI=1S/C13H21N6O4P/c14-13-16-11(18-4-2-1-3-5-18)10-12(17-13)19(8-15-10)6-7-23-9-24(20,21)22/h8H,1-7,9H2,(H2,14,16,17)(H2,20,21,22). The molecule has 24 heavy (non-hydrogen) atoms. The molecule has 0 bridgehead atoms. The molecule has 0 amide bonds. The summed E-state index contributed by atoms with van der Waals surface area (Å²) in [7, 11) is -4.15. The number of anilines is 2. The maximum Gasteiger partial charge on any atom is 0.350 e. The third-order valence-electron chi connectivity index (χ3n) is 3.85. The number of aromatic nitrogens is 4. The number of nitrogens with zero attached hydrogens (tertiary/aromatic N) is 5. The highest BCUT2D eigenvalue weighted by atomic mass is 31.2. The van der Waals surface area contributed by atoms with Gasteiger partial charge in [0.25, 0.3) is 0 Å². The third-order valence-corrected chi connectivity index (χ3v) is 4.37. The van der Waals surface area contributed by atoms with E-state index in [2.05, 4.69) is 19.9 Å². The number of hydrogen-bond donors (Lipinski definition) is 3. The molecule has 0 radical (unpaired) electrons. The van der Waals surface area contributed by atoms with Crippen molar-refractivity contribution in [1.29, 1.82) is 0 Å². The average molecular weight is 356 g/mol. The summed E-state index contributed by atoms with van der Waals surface area (Å²) in [5.74, 6) is 0.924. The van der Waals surface area contributed by atoms with E-state index < -0.39 is 13.9 Å². The number of ether oxygens (including phenoxy) is 1. The minimum absolute atomic E-state index is 0.138. The van der Waals surface area contributed by atoms with Gasteiger partial charge in [-0.25, -0.2) is 4.98 Å². The first-order valence-corrected chi connectivity index (χ1v) is 9.59. The Morgan fingerprint density at radius 3 is 2.71 bits per heavy atom. The van der Waals surface area contributed by atoms with Gasteiger partial charge >= 0.3 is 7.60 Å². The topological polar surface area (TPSA) is 140 Å². The van der Waals surface area contributed by atoms with Crippen LogP contribution in [-0.4, -0.2) is 55.4 Å². The fourth-order valence-corrected chi connectivity index (χ4v) is 3.15. The molecular weight excluding hydrogens is 335 g/mol. The van der Waals surface area contributed by atoms with Crippen LogP contribution in [0.5, 0.6) is 0 Å². The van der Waals surface area contributed by atoms with Crippen molar-refractivity contribution in [3.63, 3.8) is 0 Å². The van der Waals surface area contributed by atoms with E-state index in [1.54, 1.807) is 10.9 Å². The zero-order valence-corrected chi connectivity index (χ0v) is 14.1. The van der Waals surface area contributed by atoms with Crippen molar-refractivity contribution in [1.82, 2.24) is 19.5 Å². The van der Waals surface area contributed by atoms with Crippen molar-refractivity contribution >= 4 is 30.5 Å². The molecule has 0 spiro atoms. The number of rotatable bonds is 6. The largest absolute Gasteiger partial charge is 0.368 e. The number of imidazole rings is 1. The van der Waals surface area contributed by atoms with Gasteiger partial charge in [0.2, 0.25) is 5.95 Å². The summed E-state index contributed by atoms with van der Waals surface area (Å²) in [6, 6.07) is 0. The van der Waals surface area contributed by atoms with Gasteiger partial charge in [-0.2, -0.15) is 9.97 Å². The summed E-state index contributed by atoms with van der Waals surface area (Å²) in [6.45, 7) is 2.35. The molecule has 0 aromatic carbocycles. The van der Waals surface area contributed by atoms with Crippen molar-refractivity contribution in [2.45, 2.75) is 25.8 Å². The second-order valence-electron chi connectivity index (χ2n) is 5.77. The molecule has 0 atom stereocenters. The van der Waals surface area contributed by atoms with Crippen LogP contribution in [0.15, 0.2) is 6.33 Å². The molecule has 1 aliphatic heterocycles. The first-order chi connectivity index (χ1) is 11.4. The summed E-state index contributed by atoms with van der Waals surface area (Å²) >= 11 is 0. The Kier molecular flexibility index (Phi) is 5.00. The van der Waals surface area contributed by atoms with Gasteiger partial charge in [0.15, 0.2) is 17.0 Å². The number of fused-ring (bicyclic) bond motifs is 1. The van der Waals surface area contributed by atoms with E-state index >= 15 is 0 Å². The van der Waals surface area contributed by atoms with E-state index in [0.717, 1.165) is 31.7 Å². The van der Waals surface area contributed by atoms with Crippen LogP contribution in [0, 0.1) is 0 Å². The van der Waals surface area contributed by atoms with Gasteiger partial charge < -0.3 is 29.7 Å². The average Bonchev–Trinajstić information content (AvgIpc) is 2.93. The molecule has 4 N–H and O–H groups in total. The Morgan fingerprint density at radius 1 is 1.25 bits per heavy atom. The zero-order chi connectivity index (χ0) is 17.2. The van der Waals surface area contributed by atoms with E-state index in [-0.39, 0.29) is 12.6 Å². The van der Waals surface area contributed by atoms with Crippen LogP contribution < -0.4 is 10.6 Å². The van der Waals surface area contributed by atoms with Crippen LogP contribution in [-0.2, 0) is 15.8 Å². The normalized spacial score (nSPS) is 16.0. The molecule has 2 aromatic rings. The van der Waals surface area contributed by atoms with Gasteiger partial charge in [-0.3, -0.25) is 4.57 Å². The molecule has 2 aromatic heterocycles. The highest BCUT2D eigenvalue weighted by molar-refractivity contribution is 7.51. The molecule has 0 saturated carbocycles. The van der Waals surface area contributed by atoms with Crippen LogP contribution >= 0.6 is 7.60 Å². The molecule has 1 aliphatic rings. The first kappa shape index (κ1) is 17.1. The van der Waals surface area contributed by atoms with Gasteiger partial charge in [-0.15, -0.1) is 0 Å². The molecule has 11 heteroatoms. The van der Waals surface area contributed by atoms with E-state index in [9.17, 15) is 4.57 Å². The first-order valence-electron chi connectivity index (χ1n) is 7.80. The van der Waals surface area contributed by atoms with Crippen LogP contribution in [0.1, 0.15) is 19.3 Å². The summed E-state index contributed by atoms with van der Waals surface area (Å²) < 4.78 is 17.5. The molecule has 10 nitrogen and oxygen atoms in total. The maximum absolute atomic E-state index is 10.8. The Bertz CT molecular complexity index is 754. The van der Waals surface area contributed by atoms with Crippen molar-refractivity contribution < 1.29 is 19.1 Å². The SMILES string of the molecule is Nc1nc(N2CCCCC2)c2ncn(CCOCP(=O)(O)O)c2n1. The Hall–Kier alpha value is -1.74. The molecule has 0 aliphatic carbocycles. The van der Waals surface area contributed by atoms with Crippen molar-refractivity contribution in [2.75, 3.05) is 36.7 Å². The molecule has 132 valence electrons. The van der Waals surface area contributed by atoms with Gasteiger partial charge in [0.05, 0.1) is 12.9 Å². The summed E-state index contributed by atoms with van der Waals surface area (Å²) in [6.07, 6.45) is 4.46. The monoisotopic (exact) mass is 356 g/mol. The summed E-state index contributed by atoms with van der Waals surface area (Å²) in [5, 5.41) is 0. The molecule has 3 rings (SSSR count). The molecule has 0 unspecified atom stereocenters. The number of hydrogen-bond acceptors (Lipinski definition) is 7. The molecule has 3 heterocycles. The van der Waals surface area contributed by atoms with Crippen LogP contribution in [0.3, 0.4) is 0 Å². The van der Waals surface area contributed by atoms with Crippen LogP contribution in [0.4, 0.5) is 11.8 Å². The molecule has 1 fully saturated rings. The number of piperidine rings is 1. The van der Waals surface area contributed by atoms with Crippen LogP contribution in [0.2, 0.25) is 0 Å². The molecular formula is C13H21N6O4P. The number of nitrogen functional groups attached to an aromatic ring is 1.